The number of Topliss-reactive ketones (excluding diaryl/α,β-unsaturated/α-hetero) is 2. The molecule has 3 aliphatic rings. The van der Waals surface area contributed by atoms with Gasteiger partial charge in [0.25, 0.3) is 5.91 Å². The molecule has 1 aromatic carbocycles. The summed E-state index contributed by atoms with van der Waals surface area (Å²) in [6, 6.07) is 3.80. The summed E-state index contributed by atoms with van der Waals surface area (Å²) in [4.78, 5) is 41.1. The first-order valence-electron chi connectivity index (χ1n) is 12.4. The van der Waals surface area contributed by atoms with Gasteiger partial charge in [-0.2, -0.15) is 0 Å². The highest BCUT2D eigenvalue weighted by molar-refractivity contribution is 9.11. The maximum absolute atomic E-state index is 13.8. The summed E-state index contributed by atoms with van der Waals surface area (Å²) in [6.45, 7) is 11.2. The molecule has 1 aromatic rings. The molecule has 0 saturated heterocycles. The van der Waals surface area contributed by atoms with Crippen molar-refractivity contribution in [2.24, 2.45) is 16.6 Å². The second kappa shape index (κ2) is 9.75. The van der Waals surface area contributed by atoms with E-state index in [1.807, 2.05) is 12.1 Å². The Balaban J connectivity index is 1.95. The van der Waals surface area contributed by atoms with E-state index < -0.39 is 11.8 Å². The molecule has 4 rings (SSSR count). The predicted octanol–water partition coefficient (Wildman–Crippen LogP) is 6.17. The third-order valence-electron chi connectivity index (χ3n) is 7.18. The van der Waals surface area contributed by atoms with E-state index in [1.165, 1.54) is 0 Å². The number of ether oxygens (including phenoxy) is 1. The second-order valence-electron chi connectivity index (χ2n) is 11.8. The van der Waals surface area contributed by atoms with Gasteiger partial charge in [0.15, 0.2) is 18.2 Å². The fourth-order valence-electron chi connectivity index (χ4n) is 5.90. The summed E-state index contributed by atoms with van der Waals surface area (Å²) >= 11 is 7.15. The van der Waals surface area contributed by atoms with Gasteiger partial charge in [0.2, 0.25) is 0 Å². The quantitative estimate of drug-likeness (QED) is 0.410. The van der Waals surface area contributed by atoms with Gasteiger partial charge in [0, 0.05) is 47.8 Å². The summed E-state index contributed by atoms with van der Waals surface area (Å²) < 4.78 is 6.85. The standard InChI is InChI=1S/C28H34Br2N2O4/c1-6-7-32-18-10-27(2,3)12-20(33)24(18)23(25-19(32)11-28(4,5)13-21(25)34)15-8-16(29)26(17(30)9-15)36-14-22(31)35/h8-9,23H,6-7,10-14H2,1-5H3,(H2,31,35). The number of nitrogens with zero attached hydrogens (tertiary/aromatic N) is 1. The summed E-state index contributed by atoms with van der Waals surface area (Å²) in [6.07, 6.45) is 3.40. The van der Waals surface area contributed by atoms with Crippen LogP contribution in [0.15, 0.2) is 43.6 Å². The first-order chi connectivity index (χ1) is 16.7. The van der Waals surface area contributed by atoms with Crippen molar-refractivity contribution in [1.82, 2.24) is 4.90 Å². The molecule has 194 valence electrons. The molecule has 2 N–H and O–H groups in total. The minimum atomic E-state index is -0.573. The van der Waals surface area contributed by atoms with Crippen LogP contribution in [-0.2, 0) is 14.4 Å². The van der Waals surface area contributed by atoms with E-state index in [1.54, 1.807) is 0 Å². The van der Waals surface area contributed by atoms with Crippen molar-refractivity contribution in [3.8, 4) is 5.75 Å². The van der Waals surface area contributed by atoms with Gasteiger partial charge < -0.3 is 15.4 Å². The van der Waals surface area contributed by atoms with Gasteiger partial charge in [-0.05, 0) is 79.6 Å². The molecule has 6 nitrogen and oxygen atoms in total. The number of nitrogens with two attached hydrogens (primary N) is 1. The van der Waals surface area contributed by atoms with Gasteiger partial charge >= 0.3 is 0 Å². The third-order valence-corrected chi connectivity index (χ3v) is 8.36. The summed E-state index contributed by atoms with van der Waals surface area (Å²) in [7, 11) is 0. The van der Waals surface area contributed by atoms with E-state index in [9.17, 15) is 14.4 Å². The van der Waals surface area contributed by atoms with E-state index >= 15 is 0 Å². The van der Waals surface area contributed by atoms with Crippen LogP contribution in [0.2, 0.25) is 0 Å². The number of halogens is 2. The zero-order valence-electron chi connectivity index (χ0n) is 21.6. The maximum Gasteiger partial charge on any atom is 0.255 e. The number of allylic oxidation sites excluding steroid dienone is 4. The van der Waals surface area contributed by atoms with Crippen LogP contribution in [0.4, 0.5) is 0 Å². The monoisotopic (exact) mass is 620 g/mol. The molecule has 2 aliphatic carbocycles. The number of hydrogen-bond donors (Lipinski definition) is 1. The highest BCUT2D eigenvalue weighted by Crippen LogP contribution is 2.55. The molecule has 0 radical (unpaired) electrons. The van der Waals surface area contributed by atoms with Crippen molar-refractivity contribution in [3.05, 3.63) is 49.2 Å². The molecule has 0 unspecified atom stereocenters. The SMILES string of the molecule is CCCN1C2=C(C(=O)CC(C)(C)C2)C(c2cc(Br)c(OCC(N)=O)c(Br)c2)C2=C1CC(C)(C)CC2=O. The van der Waals surface area contributed by atoms with Crippen LogP contribution in [0.1, 0.15) is 78.2 Å². The van der Waals surface area contributed by atoms with Crippen LogP contribution >= 0.6 is 31.9 Å². The second-order valence-corrected chi connectivity index (χ2v) is 13.5. The lowest BCUT2D eigenvalue weighted by Gasteiger charge is -2.49. The maximum atomic E-state index is 13.8. The molecule has 0 saturated carbocycles. The lowest BCUT2D eigenvalue weighted by molar-refractivity contribution is -0.121. The molecule has 0 spiro atoms. The molecule has 0 fully saturated rings. The fraction of sp³-hybridized carbons (Fsp3) is 0.536. The van der Waals surface area contributed by atoms with E-state index in [0.29, 0.717) is 27.5 Å². The van der Waals surface area contributed by atoms with Crippen LogP contribution in [-0.4, -0.2) is 35.5 Å². The molecule has 1 aliphatic heterocycles. The summed E-state index contributed by atoms with van der Waals surface area (Å²) in [5.41, 5.74) is 9.44. The number of benzene rings is 1. The number of carbonyl (C=O) groups excluding carboxylic acids is 3. The minimum absolute atomic E-state index is 0.109. The number of ketones is 2. The summed E-state index contributed by atoms with van der Waals surface area (Å²) in [5.74, 6) is -0.336. The van der Waals surface area contributed by atoms with E-state index in [4.69, 9.17) is 10.5 Å². The van der Waals surface area contributed by atoms with Crippen molar-refractivity contribution in [2.45, 2.75) is 72.6 Å². The zero-order valence-corrected chi connectivity index (χ0v) is 24.8. The molecule has 1 amide bonds. The molecular weight excluding hydrogens is 588 g/mol. The van der Waals surface area contributed by atoms with Gasteiger partial charge in [0.05, 0.1) is 8.95 Å². The Morgan fingerprint density at radius 1 is 0.972 bits per heavy atom. The van der Waals surface area contributed by atoms with E-state index in [2.05, 4.69) is 71.4 Å². The first-order valence-corrected chi connectivity index (χ1v) is 14.0. The third kappa shape index (κ3) is 5.08. The molecule has 0 bridgehead atoms. The Labute approximate surface area is 229 Å². The van der Waals surface area contributed by atoms with Gasteiger partial charge in [-0.3, -0.25) is 14.4 Å². The van der Waals surface area contributed by atoms with Crippen molar-refractivity contribution in [2.75, 3.05) is 13.2 Å². The van der Waals surface area contributed by atoms with Crippen LogP contribution in [0.5, 0.6) is 5.75 Å². The number of carbonyl (C=O) groups is 3. The number of primary amides is 1. The average molecular weight is 622 g/mol. The highest BCUT2D eigenvalue weighted by atomic mass is 79.9. The topological polar surface area (TPSA) is 89.7 Å². The van der Waals surface area contributed by atoms with Crippen LogP contribution in [0.25, 0.3) is 0 Å². The van der Waals surface area contributed by atoms with Gasteiger partial charge in [-0.1, -0.05) is 34.6 Å². The van der Waals surface area contributed by atoms with Crippen molar-refractivity contribution < 1.29 is 19.1 Å². The lowest BCUT2D eigenvalue weighted by Crippen LogP contribution is -2.44. The first kappa shape index (κ1) is 27.1. The number of rotatable bonds is 6. The number of hydrogen-bond acceptors (Lipinski definition) is 5. The molecule has 1 heterocycles. The van der Waals surface area contributed by atoms with E-state index in [0.717, 1.165) is 53.9 Å². The van der Waals surface area contributed by atoms with Gasteiger partial charge in [0.1, 0.15) is 5.75 Å². The van der Waals surface area contributed by atoms with Crippen molar-refractivity contribution >= 4 is 49.3 Å². The average Bonchev–Trinajstić information content (AvgIpc) is 2.72. The van der Waals surface area contributed by atoms with Crippen LogP contribution < -0.4 is 10.5 Å². The lowest BCUT2D eigenvalue weighted by atomic mass is 9.63. The Kier molecular flexibility index (Phi) is 7.34. The normalized spacial score (nSPS) is 21.5. The molecule has 36 heavy (non-hydrogen) atoms. The Morgan fingerprint density at radius 2 is 1.44 bits per heavy atom. The van der Waals surface area contributed by atoms with Crippen molar-refractivity contribution in [1.29, 1.82) is 0 Å². The Bertz CT molecular complexity index is 1130. The molecule has 0 aromatic heterocycles. The van der Waals surface area contributed by atoms with Gasteiger partial charge in [-0.25, -0.2) is 0 Å². The molecular formula is C28H34Br2N2O4. The van der Waals surface area contributed by atoms with Crippen LogP contribution in [0, 0.1) is 10.8 Å². The Morgan fingerprint density at radius 3 is 1.86 bits per heavy atom. The fourth-order valence-corrected chi connectivity index (χ4v) is 7.35. The van der Waals surface area contributed by atoms with Crippen molar-refractivity contribution in [3.63, 3.8) is 0 Å². The van der Waals surface area contributed by atoms with Crippen LogP contribution in [0.3, 0.4) is 0 Å². The molecule has 0 atom stereocenters. The summed E-state index contributed by atoms with van der Waals surface area (Å²) in [5, 5.41) is 0. The zero-order chi connectivity index (χ0) is 26.6. The smallest absolute Gasteiger partial charge is 0.255 e. The highest BCUT2D eigenvalue weighted by Gasteiger charge is 2.48. The minimum Gasteiger partial charge on any atom is -0.481 e. The number of amides is 1. The largest absolute Gasteiger partial charge is 0.481 e. The Hall–Kier alpha value is -1.93. The molecule has 8 heteroatoms. The predicted molar refractivity (Wildman–Crippen MR) is 146 cm³/mol. The van der Waals surface area contributed by atoms with E-state index in [-0.39, 0.29) is 29.0 Å². The van der Waals surface area contributed by atoms with Gasteiger partial charge in [-0.15, -0.1) is 0 Å².